The van der Waals surface area contributed by atoms with Crippen molar-refractivity contribution in [3.05, 3.63) is 66.0 Å². The molecule has 0 amide bonds. The van der Waals surface area contributed by atoms with E-state index in [9.17, 15) is 9.65 Å². The first kappa shape index (κ1) is 16.5. The summed E-state index contributed by atoms with van der Waals surface area (Å²) in [7, 11) is 0. The van der Waals surface area contributed by atoms with Gasteiger partial charge in [-0.05, 0) is 48.9 Å². The van der Waals surface area contributed by atoms with E-state index in [2.05, 4.69) is 26.0 Å². The van der Waals surface area contributed by atoms with Crippen LogP contribution in [-0.2, 0) is 0 Å². The summed E-state index contributed by atoms with van der Waals surface area (Å²) in [6.07, 6.45) is 1.51. The average molecular weight is 356 g/mol. The van der Waals surface area contributed by atoms with E-state index in [4.69, 9.17) is 5.73 Å². The van der Waals surface area contributed by atoms with Crippen LogP contribution in [0.1, 0.15) is 11.4 Å². The Balaban J connectivity index is 2.03. The minimum atomic E-state index is -0.360. The lowest BCUT2D eigenvalue weighted by molar-refractivity contribution is 0.628. The van der Waals surface area contributed by atoms with Crippen LogP contribution in [0.3, 0.4) is 0 Å². The van der Waals surface area contributed by atoms with Crippen LogP contribution in [0.4, 0.5) is 10.3 Å². The Kier molecular flexibility index (Phi) is 3.94. The normalized spacial score (nSPS) is 10.7. The SMILES string of the molecule is Cc1ncnc2ccc(-c3c(C#N)nc(N)nc3-c3ccc(F)cc3)cc12. The molecule has 2 aromatic heterocycles. The van der Waals surface area contributed by atoms with Crippen molar-refractivity contribution in [2.24, 2.45) is 0 Å². The van der Waals surface area contributed by atoms with Gasteiger partial charge in [0.05, 0.1) is 11.2 Å². The lowest BCUT2D eigenvalue weighted by Crippen LogP contribution is -2.03. The molecule has 2 heterocycles. The first-order chi connectivity index (χ1) is 13.1. The maximum absolute atomic E-state index is 13.3. The molecule has 0 spiro atoms. The molecular weight excluding hydrogens is 343 g/mol. The van der Waals surface area contributed by atoms with E-state index < -0.39 is 0 Å². The molecule has 0 aliphatic carbocycles. The van der Waals surface area contributed by atoms with E-state index in [0.29, 0.717) is 16.8 Å². The van der Waals surface area contributed by atoms with Crippen LogP contribution in [0.15, 0.2) is 48.8 Å². The van der Waals surface area contributed by atoms with Gasteiger partial charge < -0.3 is 5.73 Å². The summed E-state index contributed by atoms with van der Waals surface area (Å²) in [6, 6.07) is 13.5. The minimum absolute atomic E-state index is 0.0186. The maximum atomic E-state index is 13.3. The highest BCUT2D eigenvalue weighted by Gasteiger charge is 2.18. The number of hydrogen-bond donors (Lipinski definition) is 1. The van der Waals surface area contributed by atoms with E-state index in [1.165, 1.54) is 18.5 Å². The van der Waals surface area contributed by atoms with Gasteiger partial charge in [-0.3, -0.25) is 0 Å². The molecule has 6 nitrogen and oxygen atoms in total. The van der Waals surface area contributed by atoms with Gasteiger partial charge in [0.2, 0.25) is 5.95 Å². The zero-order valence-electron chi connectivity index (χ0n) is 14.3. The van der Waals surface area contributed by atoms with Crippen LogP contribution in [0.25, 0.3) is 33.3 Å². The summed E-state index contributed by atoms with van der Waals surface area (Å²) in [4.78, 5) is 16.9. The highest BCUT2D eigenvalue weighted by atomic mass is 19.1. The second kappa shape index (κ2) is 6.42. The Bertz CT molecular complexity index is 1210. The molecule has 130 valence electrons. The number of benzene rings is 2. The van der Waals surface area contributed by atoms with Crippen LogP contribution in [0.2, 0.25) is 0 Å². The Morgan fingerprint density at radius 3 is 2.48 bits per heavy atom. The highest BCUT2D eigenvalue weighted by Crippen LogP contribution is 2.35. The van der Waals surface area contributed by atoms with E-state index >= 15 is 0 Å². The van der Waals surface area contributed by atoms with Gasteiger partial charge in [-0.15, -0.1) is 0 Å². The number of nitrogen functional groups attached to an aromatic ring is 1. The van der Waals surface area contributed by atoms with Crippen molar-refractivity contribution in [2.75, 3.05) is 5.73 Å². The number of aromatic nitrogens is 4. The summed E-state index contributed by atoms with van der Waals surface area (Å²) in [6.45, 7) is 1.89. The van der Waals surface area contributed by atoms with Gasteiger partial charge in [0.15, 0.2) is 5.69 Å². The number of anilines is 1. The highest BCUT2D eigenvalue weighted by molar-refractivity contribution is 5.91. The molecule has 0 fully saturated rings. The van der Waals surface area contributed by atoms with Crippen molar-refractivity contribution < 1.29 is 4.39 Å². The van der Waals surface area contributed by atoms with E-state index in [-0.39, 0.29) is 17.5 Å². The fourth-order valence-corrected chi connectivity index (χ4v) is 2.99. The lowest BCUT2D eigenvalue weighted by atomic mass is 9.96. The smallest absolute Gasteiger partial charge is 0.221 e. The Labute approximate surface area is 154 Å². The topological polar surface area (TPSA) is 101 Å². The number of aryl methyl sites for hydroxylation is 1. The van der Waals surface area contributed by atoms with Crippen LogP contribution >= 0.6 is 0 Å². The quantitative estimate of drug-likeness (QED) is 0.588. The first-order valence-electron chi connectivity index (χ1n) is 8.12. The van der Waals surface area contributed by atoms with Crippen molar-refractivity contribution in [3.8, 4) is 28.5 Å². The standard InChI is InChI=1S/C20H13FN6/c1-11-15-8-13(4-7-16(15)25-10-24-11)18-17(9-22)26-20(23)27-19(18)12-2-5-14(21)6-3-12/h2-8,10H,1H3,(H2,23,26,27). The third kappa shape index (κ3) is 2.93. The number of fused-ring (bicyclic) bond motifs is 1. The maximum Gasteiger partial charge on any atom is 0.221 e. The van der Waals surface area contributed by atoms with E-state index in [1.54, 1.807) is 12.1 Å². The molecule has 4 aromatic rings. The predicted molar refractivity (Wildman–Crippen MR) is 99.8 cm³/mol. The summed E-state index contributed by atoms with van der Waals surface area (Å²) in [5.41, 5.74) is 9.93. The third-order valence-electron chi connectivity index (χ3n) is 4.27. The molecule has 7 heteroatoms. The van der Waals surface area contributed by atoms with E-state index in [0.717, 1.165) is 22.2 Å². The molecule has 0 saturated carbocycles. The molecule has 0 aliphatic rings. The summed E-state index contributed by atoms with van der Waals surface area (Å²) in [5, 5.41) is 10.5. The zero-order chi connectivity index (χ0) is 19.0. The van der Waals surface area contributed by atoms with Crippen LogP contribution in [-0.4, -0.2) is 19.9 Å². The third-order valence-corrected chi connectivity index (χ3v) is 4.27. The number of rotatable bonds is 2. The molecule has 0 bridgehead atoms. The van der Waals surface area contributed by atoms with E-state index in [1.807, 2.05) is 25.1 Å². The lowest BCUT2D eigenvalue weighted by Gasteiger charge is -2.12. The van der Waals surface area contributed by atoms with Crippen LogP contribution < -0.4 is 5.73 Å². The van der Waals surface area contributed by atoms with Gasteiger partial charge in [-0.1, -0.05) is 6.07 Å². The van der Waals surface area contributed by atoms with Gasteiger partial charge in [0.25, 0.3) is 0 Å². The molecule has 2 N–H and O–H groups in total. The van der Waals surface area contributed by atoms with Gasteiger partial charge in [0, 0.05) is 22.2 Å². The van der Waals surface area contributed by atoms with Crippen LogP contribution in [0, 0.1) is 24.1 Å². The molecular formula is C20H13FN6. The summed E-state index contributed by atoms with van der Waals surface area (Å²) < 4.78 is 13.3. The molecule has 0 saturated heterocycles. The molecule has 4 rings (SSSR count). The monoisotopic (exact) mass is 356 g/mol. The second-order valence-corrected chi connectivity index (χ2v) is 5.96. The number of hydrogen-bond acceptors (Lipinski definition) is 6. The molecule has 27 heavy (non-hydrogen) atoms. The predicted octanol–water partition coefficient (Wildman–Crippen LogP) is 3.66. The van der Waals surface area contributed by atoms with Crippen molar-refractivity contribution in [1.82, 2.24) is 19.9 Å². The minimum Gasteiger partial charge on any atom is -0.368 e. The largest absolute Gasteiger partial charge is 0.368 e. The van der Waals surface area contributed by atoms with Gasteiger partial charge in [0.1, 0.15) is 18.2 Å². The average Bonchev–Trinajstić information content (AvgIpc) is 2.68. The molecule has 0 atom stereocenters. The Hall–Kier alpha value is -3.92. The van der Waals surface area contributed by atoms with Crippen molar-refractivity contribution in [2.45, 2.75) is 6.92 Å². The zero-order valence-corrected chi connectivity index (χ0v) is 14.3. The second-order valence-electron chi connectivity index (χ2n) is 5.96. The van der Waals surface area contributed by atoms with Crippen LogP contribution in [0.5, 0.6) is 0 Å². The first-order valence-corrected chi connectivity index (χ1v) is 8.12. The Morgan fingerprint density at radius 2 is 1.74 bits per heavy atom. The Morgan fingerprint density at radius 1 is 1.00 bits per heavy atom. The summed E-state index contributed by atoms with van der Waals surface area (Å²) in [5.74, 6) is -0.378. The van der Waals surface area contributed by atoms with Crippen molar-refractivity contribution >= 4 is 16.9 Å². The van der Waals surface area contributed by atoms with Crippen molar-refractivity contribution in [1.29, 1.82) is 5.26 Å². The van der Waals surface area contributed by atoms with Gasteiger partial charge in [-0.25, -0.2) is 24.3 Å². The molecule has 0 unspecified atom stereocenters. The number of nitriles is 1. The van der Waals surface area contributed by atoms with Gasteiger partial charge in [-0.2, -0.15) is 5.26 Å². The number of nitrogens with zero attached hydrogens (tertiary/aromatic N) is 5. The molecule has 0 radical (unpaired) electrons. The fraction of sp³-hybridized carbons (Fsp3) is 0.0500. The van der Waals surface area contributed by atoms with Gasteiger partial charge >= 0.3 is 0 Å². The molecule has 0 aliphatic heterocycles. The fourth-order valence-electron chi connectivity index (χ4n) is 2.99. The molecule has 2 aromatic carbocycles. The summed E-state index contributed by atoms with van der Waals surface area (Å²) >= 11 is 0. The number of halogens is 1. The number of nitrogens with two attached hydrogens (primary N) is 1. The van der Waals surface area contributed by atoms with Crippen molar-refractivity contribution in [3.63, 3.8) is 0 Å².